The molecule has 0 atom stereocenters. The molecule has 23 heavy (non-hydrogen) atoms. The Labute approximate surface area is 135 Å². The van der Waals surface area contributed by atoms with Gasteiger partial charge in [-0.3, -0.25) is 0 Å². The van der Waals surface area contributed by atoms with Crippen molar-refractivity contribution >= 4 is 34.7 Å². The second-order valence-electron chi connectivity index (χ2n) is 4.49. The van der Waals surface area contributed by atoms with E-state index in [1.165, 1.54) is 12.3 Å². The third-order valence-corrected chi connectivity index (χ3v) is 3.22. The lowest BCUT2D eigenvalue weighted by molar-refractivity contribution is 0.590. The minimum absolute atomic E-state index is 0.138. The highest BCUT2D eigenvalue weighted by molar-refractivity contribution is 6.33. The highest BCUT2D eigenvalue weighted by atomic mass is 35.5. The number of hydrogen-bond acceptors (Lipinski definition) is 5. The van der Waals surface area contributed by atoms with Gasteiger partial charge in [0.1, 0.15) is 17.3 Å². The molecular formula is C15H10ClF2N5. The van der Waals surface area contributed by atoms with Gasteiger partial charge in [0.05, 0.1) is 16.9 Å². The Morgan fingerprint density at radius 1 is 0.913 bits per heavy atom. The van der Waals surface area contributed by atoms with Gasteiger partial charge in [0.2, 0.25) is 5.95 Å². The van der Waals surface area contributed by atoms with Crippen molar-refractivity contribution in [2.75, 3.05) is 10.6 Å². The van der Waals surface area contributed by atoms with Crippen molar-refractivity contribution in [1.29, 1.82) is 0 Å². The van der Waals surface area contributed by atoms with E-state index in [2.05, 4.69) is 25.8 Å². The molecule has 0 saturated heterocycles. The normalized spacial score (nSPS) is 10.4. The smallest absolute Gasteiger partial charge is 0.249 e. The zero-order valence-electron chi connectivity index (χ0n) is 11.6. The van der Waals surface area contributed by atoms with Crippen LogP contribution in [-0.4, -0.2) is 15.2 Å². The fourth-order valence-electron chi connectivity index (χ4n) is 1.85. The van der Waals surface area contributed by atoms with Crippen molar-refractivity contribution in [3.8, 4) is 0 Å². The average Bonchev–Trinajstić information content (AvgIpc) is 2.54. The minimum atomic E-state index is -0.732. The number of halogens is 3. The Kier molecular flexibility index (Phi) is 4.29. The standard InChI is InChI=1S/C15H10ClF2N5/c16-9-4-1-2-7-12(9)20-15-22-13(8-19-23-15)21-14-10(17)5-3-6-11(14)18/h1-8H,(H2,20,21,22,23). The number of anilines is 4. The molecule has 0 spiro atoms. The molecular weight excluding hydrogens is 324 g/mol. The third kappa shape index (κ3) is 3.51. The molecule has 3 rings (SSSR count). The van der Waals surface area contributed by atoms with Crippen LogP contribution in [0.5, 0.6) is 0 Å². The summed E-state index contributed by atoms with van der Waals surface area (Å²) in [7, 11) is 0. The van der Waals surface area contributed by atoms with E-state index in [1.54, 1.807) is 24.3 Å². The molecule has 2 aromatic carbocycles. The lowest BCUT2D eigenvalue weighted by Crippen LogP contribution is -2.04. The van der Waals surface area contributed by atoms with Crippen LogP contribution in [0, 0.1) is 11.6 Å². The van der Waals surface area contributed by atoms with Gasteiger partial charge in [-0.05, 0) is 24.3 Å². The molecule has 116 valence electrons. The number of rotatable bonds is 4. The second kappa shape index (κ2) is 6.53. The van der Waals surface area contributed by atoms with Gasteiger partial charge in [-0.25, -0.2) is 8.78 Å². The maximum Gasteiger partial charge on any atom is 0.249 e. The SMILES string of the molecule is Fc1cccc(F)c1Nc1cnnc(Nc2ccccc2Cl)n1. The van der Waals surface area contributed by atoms with Gasteiger partial charge in [-0.1, -0.05) is 29.8 Å². The summed E-state index contributed by atoms with van der Waals surface area (Å²) in [5.74, 6) is -1.19. The molecule has 5 nitrogen and oxygen atoms in total. The molecule has 1 heterocycles. The molecule has 0 amide bonds. The highest BCUT2D eigenvalue weighted by Crippen LogP contribution is 2.25. The second-order valence-corrected chi connectivity index (χ2v) is 4.90. The predicted octanol–water partition coefficient (Wildman–Crippen LogP) is 4.29. The van der Waals surface area contributed by atoms with E-state index in [9.17, 15) is 8.78 Å². The zero-order chi connectivity index (χ0) is 16.2. The quantitative estimate of drug-likeness (QED) is 0.745. The largest absolute Gasteiger partial charge is 0.334 e. The average molecular weight is 334 g/mol. The monoisotopic (exact) mass is 333 g/mol. The predicted molar refractivity (Wildman–Crippen MR) is 84.2 cm³/mol. The van der Waals surface area contributed by atoms with Crippen molar-refractivity contribution in [1.82, 2.24) is 15.2 Å². The number of nitrogens with zero attached hydrogens (tertiary/aromatic N) is 3. The van der Waals surface area contributed by atoms with Crippen LogP contribution in [0.25, 0.3) is 0 Å². The maximum atomic E-state index is 13.6. The van der Waals surface area contributed by atoms with Gasteiger partial charge < -0.3 is 10.6 Å². The summed E-state index contributed by atoms with van der Waals surface area (Å²) in [6, 6.07) is 10.6. The van der Waals surface area contributed by atoms with E-state index in [0.29, 0.717) is 10.7 Å². The Morgan fingerprint density at radius 2 is 1.65 bits per heavy atom. The molecule has 0 unspecified atom stereocenters. The van der Waals surface area contributed by atoms with Crippen molar-refractivity contribution in [3.05, 3.63) is 65.3 Å². The maximum absolute atomic E-state index is 13.6. The van der Waals surface area contributed by atoms with Gasteiger partial charge in [-0.2, -0.15) is 10.1 Å². The molecule has 0 aliphatic rings. The fraction of sp³-hybridized carbons (Fsp3) is 0. The minimum Gasteiger partial charge on any atom is -0.334 e. The number of aromatic nitrogens is 3. The fourth-order valence-corrected chi connectivity index (χ4v) is 2.03. The molecule has 1 aromatic heterocycles. The summed E-state index contributed by atoms with van der Waals surface area (Å²) in [5, 5.41) is 13.5. The van der Waals surface area contributed by atoms with E-state index in [-0.39, 0.29) is 17.5 Å². The molecule has 2 N–H and O–H groups in total. The van der Waals surface area contributed by atoms with Crippen LogP contribution in [0.4, 0.5) is 31.9 Å². The van der Waals surface area contributed by atoms with E-state index in [4.69, 9.17) is 11.6 Å². The van der Waals surface area contributed by atoms with Gasteiger partial charge >= 0.3 is 0 Å². The Morgan fingerprint density at radius 3 is 2.39 bits per heavy atom. The van der Waals surface area contributed by atoms with Gasteiger partial charge in [0.25, 0.3) is 0 Å². The Hall–Kier alpha value is -2.80. The summed E-state index contributed by atoms with van der Waals surface area (Å²) in [4.78, 5) is 4.10. The van der Waals surface area contributed by atoms with Gasteiger partial charge in [-0.15, -0.1) is 5.10 Å². The van der Waals surface area contributed by atoms with Crippen molar-refractivity contribution in [2.45, 2.75) is 0 Å². The first-order chi connectivity index (χ1) is 11.1. The van der Waals surface area contributed by atoms with Crippen molar-refractivity contribution < 1.29 is 8.78 Å². The van der Waals surface area contributed by atoms with Crippen LogP contribution < -0.4 is 10.6 Å². The summed E-state index contributed by atoms with van der Waals surface area (Å²) in [6.45, 7) is 0. The summed E-state index contributed by atoms with van der Waals surface area (Å²) < 4.78 is 27.3. The highest BCUT2D eigenvalue weighted by Gasteiger charge is 2.10. The van der Waals surface area contributed by atoms with Crippen LogP contribution in [0.15, 0.2) is 48.7 Å². The summed E-state index contributed by atoms with van der Waals surface area (Å²) in [5.41, 5.74) is 0.280. The number of nitrogens with one attached hydrogen (secondary N) is 2. The van der Waals surface area contributed by atoms with Crippen LogP contribution in [0.3, 0.4) is 0 Å². The van der Waals surface area contributed by atoms with Crippen LogP contribution >= 0.6 is 11.6 Å². The molecule has 3 aromatic rings. The molecule has 0 aliphatic heterocycles. The van der Waals surface area contributed by atoms with E-state index >= 15 is 0 Å². The van der Waals surface area contributed by atoms with Crippen molar-refractivity contribution in [2.24, 2.45) is 0 Å². The first-order valence-corrected chi connectivity index (χ1v) is 6.93. The molecule has 0 bridgehead atoms. The van der Waals surface area contributed by atoms with Gasteiger partial charge in [0.15, 0.2) is 5.82 Å². The molecule has 8 heteroatoms. The molecule has 0 fully saturated rings. The third-order valence-electron chi connectivity index (χ3n) is 2.89. The van der Waals surface area contributed by atoms with Crippen LogP contribution in [-0.2, 0) is 0 Å². The number of para-hydroxylation sites is 2. The number of benzene rings is 2. The lowest BCUT2D eigenvalue weighted by atomic mass is 10.3. The van der Waals surface area contributed by atoms with Crippen LogP contribution in [0.2, 0.25) is 5.02 Å². The Bertz CT molecular complexity index is 823. The van der Waals surface area contributed by atoms with Crippen LogP contribution in [0.1, 0.15) is 0 Å². The van der Waals surface area contributed by atoms with Gasteiger partial charge in [0, 0.05) is 0 Å². The lowest BCUT2D eigenvalue weighted by Gasteiger charge is -2.09. The zero-order valence-corrected chi connectivity index (χ0v) is 12.4. The Balaban J connectivity index is 1.84. The summed E-state index contributed by atoms with van der Waals surface area (Å²) >= 11 is 6.03. The first kappa shape index (κ1) is 15.1. The van der Waals surface area contributed by atoms with Crippen molar-refractivity contribution in [3.63, 3.8) is 0 Å². The van der Waals surface area contributed by atoms with E-state index in [0.717, 1.165) is 12.1 Å². The molecule has 0 aliphatic carbocycles. The topological polar surface area (TPSA) is 62.7 Å². The molecule has 0 radical (unpaired) electrons. The van der Waals surface area contributed by atoms with E-state index < -0.39 is 11.6 Å². The molecule has 0 saturated carbocycles. The number of hydrogen-bond donors (Lipinski definition) is 2. The first-order valence-electron chi connectivity index (χ1n) is 6.56. The van der Waals surface area contributed by atoms with E-state index in [1.807, 2.05) is 0 Å². The summed E-state index contributed by atoms with van der Waals surface area (Å²) in [6.07, 6.45) is 1.25.